The first-order valence-electron chi connectivity index (χ1n) is 13.7. The van der Waals surface area contributed by atoms with Gasteiger partial charge in [-0.1, -0.05) is 67.4 Å². The number of anilines is 1. The Balaban J connectivity index is 1.30. The molecule has 5 rings (SSSR count). The van der Waals surface area contributed by atoms with E-state index >= 15 is 0 Å². The Hall–Kier alpha value is -4.46. The normalized spacial score (nSPS) is 16.2. The zero-order valence-corrected chi connectivity index (χ0v) is 22.3. The third-order valence-electron chi connectivity index (χ3n) is 7.50. The highest BCUT2D eigenvalue weighted by molar-refractivity contribution is 5.98. The topological polar surface area (TPSA) is 108 Å². The number of carboxylic acid groups (broad SMARTS) is 1. The van der Waals surface area contributed by atoms with Crippen molar-refractivity contribution < 1.29 is 24.2 Å². The first kappa shape index (κ1) is 27.1. The fraction of sp³-hybridized carbons (Fsp3) is 0.312. The molecule has 0 saturated heterocycles. The van der Waals surface area contributed by atoms with Crippen LogP contribution >= 0.6 is 0 Å². The molecule has 1 saturated carbocycles. The fourth-order valence-corrected chi connectivity index (χ4v) is 5.45. The number of ether oxygens (including phenoxy) is 1. The molecule has 1 unspecified atom stereocenters. The number of nitrogens with one attached hydrogen (secondary N) is 1. The Labute approximate surface area is 233 Å². The standard InChI is InChI=1S/C32H33N3O5/c36-28-21-40-32(26-10-2-1-3-11-26)34-35(28)20-23-13-16-25(17-14-23)30(24-8-4-5-9-24)31(39)33-27-12-6-7-22(19-27)15-18-29(37)38/h1-3,6-7,10-14,16-17,19,24,30H,4-5,8-9,15,18,20-21H2,(H,33,39)(H,37,38). The van der Waals surface area contributed by atoms with Crippen LogP contribution in [0.15, 0.2) is 84.0 Å². The van der Waals surface area contributed by atoms with Gasteiger partial charge < -0.3 is 15.2 Å². The number of aryl methyl sites for hydroxylation is 1. The average Bonchev–Trinajstić information content (AvgIpc) is 3.49. The van der Waals surface area contributed by atoms with Gasteiger partial charge in [0.15, 0.2) is 6.61 Å². The molecule has 0 bridgehead atoms. The predicted molar refractivity (Wildman–Crippen MR) is 152 cm³/mol. The molecule has 3 aromatic rings. The van der Waals surface area contributed by atoms with Crippen molar-refractivity contribution in [3.8, 4) is 0 Å². The van der Waals surface area contributed by atoms with Crippen molar-refractivity contribution >= 4 is 29.4 Å². The Kier molecular flexibility index (Phi) is 8.54. The number of carbonyl (C=O) groups excluding carboxylic acids is 2. The summed E-state index contributed by atoms with van der Waals surface area (Å²) in [5.74, 6) is -0.748. The van der Waals surface area contributed by atoms with E-state index in [2.05, 4.69) is 10.4 Å². The summed E-state index contributed by atoms with van der Waals surface area (Å²) in [7, 11) is 0. The van der Waals surface area contributed by atoms with E-state index in [1.807, 2.05) is 78.9 Å². The molecular formula is C32H33N3O5. The van der Waals surface area contributed by atoms with Gasteiger partial charge in [-0.05, 0) is 66.1 Å². The second-order valence-electron chi connectivity index (χ2n) is 10.4. The molecule has 1 fully saturated rings. The Morgan fingerprint density at radius 2 is 1.73 bits per heavy atom. The number of carbonyl (C=O) groups is 3. The lowest BCUT2D eigenvalue weighted by Crippen LogP contribution is -2.36. The van der Waals surface area contributed by atoms with Crippen molar-refractivity contribution in [1.82, 2.24) is 5.01 Å². The zero-order valence-electron chi connectivity index (χ0n) is 22.3. The molecule has 1 heterocycles. The number of aliphatic carboxylic acids is 1. The molecule has 2 amide bonds. The van der Waals surface area contributed by atoms with Crippen LogP contribution in [0, 0.1) is 5.92 Å². The van der Waals surface area contributed by atoms with E-state index < -0.39 is 5.97 Å². The number of hydrazone groups is 1. The van der Waals surface area contributed by atoms with Gasteiger partial charge in [0.1, 0.15) is 0 Å². The lowest BCUT2D eigenvalue weighted by atomic mass is 9.83. The molecule has 40 heavy (non-hydrogen) atoms. The number of hydrogen-bond donors (Lipinski definition) is 2. The van der Waals surface area contributed by atoms with E-state index in [9.17, 15) is 14.4 Å². The number of hydrogen-bond acceptors (Lipinski definition) is 5. The van der Waals surface area contributed by atoms with Crippen molar-refractivity contribution in [3.63, 3.8) is 0 Å². The fourth-order valence-electron chi connectivity index (χ4n) is 5.45. The Morgan fingerprint density at radius 1 is 0.975 bits per heavy atom. The smallest absolute Gasteiger partial charge is 0.303 e. The van der Waals surface area contributed by atoms with Gasteiger partial charge in [-0.3, -0.25) is 14.4 Å². The minimum Gasteiger partial charge on any atom is -0.481 e. The van der Waals surface area contributed by atoms with Crippen LogP contribution in [-0.2, 0) is 32.1 Å². The van der Waals surface area contributed by atoms with Crippen LogP contribution in [0.3, 0.4) is 0 Å². The molecule has 0 radical (unpaired) electrons. The maximum atomic E-state index is 13.6. The molecule has 1 aliphatic carbocycles. The molecular weight excluding hydrogens is 506 g/mol. The van der Waals surface area contributed by atoms with Crippen molar-refractivity contribution in [2.24, 2.45) is 11.0 Å². The van der Waals surface area contributed by atoms with Crippen molar-refractivity contribution in [1.29, 1.82) is 0 Å². The van der Waals surface area contributed by atoms with E-state index in [4.69, 9.17) is 9.84 Å². The lowest BCUT2D eigenvalue weighted by molar-refractivity contribution is -0.137. The van der Waals surface area contributed by atoms with Gasteiger partial charge in [0, 0.05) is 17.7 Å². The molecule has 2 aliphatic rings. The highest BCUT2D eigenvalue weighted by atomic mass is 16.5. The largest absolute Gasteiger partial charge is 0.481 e. The number of nitrogens with zero attached hydrogens (tertiary/aromatic N) is 2. The molecule has 0 spiro atoms. The summed E-state index contributed by atoms with van der Waals surface area (Å²) >= 11 is 0. The molecule has 206 valence electrons. The molecule has 0 aromatic heterocycles. The van der Waals surface area contributed by atoms with Crippen molar-refractivity contribution in [3.05, 3.63) is 101 Å². The molecule has 1 aliphatic heterocycles. The molecule has 1 atom stereocenters. The zero-order chi connectivity index (χ0) is 27.9. The molecule has 8 nitrogen and oxygen atoms in total. The number of amides is 2. The van der Waals surface area contributed by atoms with E-state index in [0.29, 0.717) is 24.6 Å². The Morgan fingerprint density at radius 3 is 2.45 bits per heavy atom. The van der Waals surface area contributed by atoms with Crippen LogP contribution in [0.5, 0.6) is 0 Å². The van der Waals surface area contributed by atoms with Gasteiger partial charge in [0.25, 0.3) is 5.91 Å². The number of carboxylic acids is 1. The summed E-state index contributed by atoms with van der Waals surface area (Å²) in [6.07, 6.45) is 4.67. The first-order valence-corrected chi connectivity index (χ1v) is 13.7. The predicted octanol–water partition coefficient (Wildman–Crippen LogP) is 5.34. The van der Waals surface area contributed by atoms with Gasteiger partial charge in [0.2, 0.25) is 11.8 Å². The maximum Gasteiger partial charge on any atom is 0.303 e. The Bertz CT molecular complexity index is 1380. The van der Waals surface area contributed by atoms with E-state index in [-0.39, 0.29) is 36.7 Å². The van der Waals surface area contributed by atoms with Gasteiger partial charge in [0.05, 0.1) is 12.5 Å². The lowest BCUT2D eigenvalue weighted by Gasteiger charge is -2.25. The van der Waals surface area contributed by atoms with Gasteiger partial charge in [-0.25, -0.2) is 5.01 Å². The summed E-state index contributed by atoms with van der Waals surface area (Å²) < 4.78 is 5.55. The third-order valence-corrected chi connectivity index (χ3v) is 7.50. The summed E-state index contributed by atoms with van der Waals surface area (Å²) in [5, 5.41) is 17.9. The van der Waals surface area contributed by atoms with Crippen LogP contribution in [-0.4, -0.2) is 40.4 Å². The second kappa shape index (κ2) is 12.6. The van der Waals surface area contributed by atoms with Gasteiger partial charge >= 0.3 is 5.97 Å². The third kappa shape index (κ3) is 6.75. The van der Waals surface area contributed by atoms with Crippen LogP contribution < -0.4 is 5.32 Å². The van der Waals surface area contributed by atoms with E-state index in [1.165, 1.54) is 5.01 Å². The minimum atomic E-state index is -0.847. The molecule has 8 heteroatoms. The summed E-state index contributed by atoms with van der Waals surface area (Å²) in [6.45, 7) is 0.246. The summed E-state index contributed by atoms with van der Waals surface area (Å²) in [6, 6.07) is 24.8. The summed E-state index contributed by atoms with van der Waals surface area (Å²) in [5.41, 5.74) is 4.21. The van der Waals surface area contributed by atoms with Gasteiger partial charge in [-0.2, -0.15) is 0 Å². The van der Waals surface area contributed by atoms with Crippen molar-refractivity contribution in [2.75, 3.05) is 11.9 Å². The van der Waals surface area contributed by atoms with Crippen molar-refractivity contribution in [2.45, 2.75) is 51.0 Å². The number of benzene rings is 3. The van der Waals surface area contributed by atoms with Crippen LogP contribution in [0.2, 0.25) is 0 Å². The van der Waals surface area contributed by atoms with E-state index in [1.54, 1.807) is 0 Å². The van der Waals surface area contributed by atoms with Crippen LogP contribution in [0.25, 0.3) is 0 Å². The highest BCUT2D eigenvalue weighted by Crippen LogP contribution is 2.38. The monoisotopic (exact) mass is 539 g/mol. The van der Waals surface area contributed by atoms with Crippen LogP contribution in [0.1, 0.15) is 60.3 Å². The molecule has 2 N–H and O–H groups in total. The maximum absolute atomic E-state index is 13.6. The van der Waals surface area contributed by atoms with E-state index in [0.717, 1.165) is 47.9 Å². The van der Waals surface area contributed by atoms with Crippen LogP contribution in [0.4, 0.5) is 5.69 Å². The first-order chi connectivity index (χ1) is 19.5. The van der Waals surface area contributed by atoms with Gasteiger partial charge in [-0.15, -0.1) is 5.10 Å². The summed E-state index contributed by atoms with van der Waals surface area (Å²) in [4.78, 5) is 37.1. The molecule has 3 aromatic carbocycles. The SMILES string of the molecule is O=C(O)CCc1cccc(NC(=O)C(c2ccc(CN3N=C(c4ccccc4)OCC3=O)cc2)C2CCCC2)c1. The highest BCUT2D eigenvalue weighted by Gasteiger charge is 2.32. The minimum absolute atomic E-state index is 0.0450. The quantitative estimate of drug-likeness (QED) is 0.362. The average molecular weight is 540 g/mol. The number of rotatable bonds is 10. The second-order valence-corrected chi connectivity index (χ2v) is 10.4.